The van der Waals surface area contributed by atoms with E-state index >= 15 is 0 Å². The first-order valence-electron chi connectivity index (χ1n) is 5.65. The molecular formula is C14H16N2O2. The first kappa shape index (κ1) is 12.4. The van der Waals surface area contributed by atoms with Crippen LogP contribution in [0.15, 0.2) is 42.6 Å². The van der Waals surface area contributed by atoms with Gasteiger partial charge in [0.15, 0.2) is 0 Å². The number of pyridine rings is 1. The van der Waals surface area contributed by atoms with E-state index in [2.05, 4.69) is 4.98 Å². The van der Waals surface area contributed by atoms with Crippen molar-refractivity contribution in [2.45, 2.75) is 6.04 Å². The molecule has 1 unspecified atom stereocenters. The van der Waals surface area contributed by atoms with Crippen LogP contribution in [0.3, 0.4) is 0 Å². The highest BCUT2D eigenvalue weighted by molar-refractivity contribution is 5.49. The van der Waals surface area contributed by atoms with E-state index in [1.807, 2.05) is 36.4 Å². The Kier molecular flexibility index (Phi) is 3.79. The molecule has 1 atom stereocenters. The summed E-state index contributed by atoms with van der Waals surface area (Å²) in [7, 11) is 3.23. The van der Waals surface area contributed by atoms with Gasteiger partial charge in [0.2, 0.25) is 0 Å². The number of methoxy groups -OCH3 is 2. The summed E-state index contributed by atoms with van der Waals surface area (Å²) < 4.78 is 10.7. The Labute approximate surface area is 106 Å². The molecule has 1 aromatic carbocycles. The Bertz CT molecular complexity index is 492. The SMILES string of the molecule is COc1cccc(OC)c1C(N)c1ccccn1. The van der Waals surface area contributed by atoms with Gasteiger partial charge in [0.25, 0.3) is 0 Å². The summed E-state index contributed by atoms with van der Waals surface area (Å²) >= 11 is 0. The molecule has 2 rings (SSSR count). The van der Waals surface area contributed by atoms with E-state index in [0.29, 0.717) is 11.5 Å². The Morgan fingerprint density at radius 1 is 1.00 bits per heavy atom. The molecule has 0 aliphatic heterocycles. The van der Waals surface area contributed by atoms with Crippen molar-refractivity contribution in [3.63, 3.8) is 0 Å². The van der Waals surface area contributed by atoms with Gasteiger partial charge in [0, 0.05) is 6.20 Å². The van der Waals surface area contributed by atoms with Crippen molar-refractivity contribution in [1.29, 1.82) is 0 Å². The lowest BCUT2D eigenvalue weighted by molar-refractivity contribution is 0.382. The number of hydrogen-bond acceptors (Lipinski definition) is 4. The van der Waals surface area contributed by atoms with Crippen molar-refractivity contribution in [2.75, 3.05) is 14.2 Å². The second kappa shape index (κ2) is 5.51. The average Bonchev–Trinajstić information content (AvgIpc) is 2.46. The molecule has 4 nitrogen and oxygen atoms in total. The summed E-state index contributed by atoms with van der Waals surface area (Å²) in [4.78, 5) is 4.27. The summed E-state index contributed by atoms with van der Waals surface area (Å²) in [6.45, 7) is 0. The van der Waals surface area contributed by atoms with Gasteiger partial charge in [0.05, 0.1) is 31.5 Å². The van der Waals surface area contributed by atoms with E-state index in [0.717, 1.165) is 11.3 Å². The molecule has 18 heavy (non-hydrogen) atoms. The maximum Gasteiger partial charge on any atom is 0.127 e. The first-order valence-corrected chi connectivity index (χ1v) is 5.65. The van der Waals surface area contributed by atoms with Crippen LogP contribution in [0.2, 0.25) is 0 Å². The summed E-state index contributed by atoms with van der Waals surface area (Å²) in [6.07, 6.45) is 1.72. The molecule has 0 aliphatic rings. The van der Waals surface area contributed by atoms with Crippen LogP contribution in [0.5, 0.6) is 11.5 Å². The fraction of sp³-hybridized carbons (Fsp3) is 0.214. The van der Waals surface area contributed by atoms with Crippen molar-refractivity contribution < 1.29 is 9.47 Å². The molecule has 0 fully saturated rings. The molecule has 2 N–H and O–H groups in total. The third-order valence-corrected chi connectivity index (χ3v) is 2.78. The number of rotatable bonds is 4. The summed E-state index contributed by atoms with van der Waals surface area (Å²) in [5.41, 5.74) is 7.83. The minimum absolute atomic E-state index is 0.378. The van der Waals surface area contributed by atoms with E-state index in [1.54, 1.807) is 20.4 Å². The van der Waals surface area contributed by atoms with Gasteiger partial charge in [-0.25, -0.2) is 0 Å². The summed E-state index contributed by atoms with van der Waals surface area (Å²) in [6, 6.07) is 10.9. The zero-order valence-electron chi connectivity index (χ0n) is 10.5. The van der Waals surface area contributed by atoms with E-state index in [1.165, 1.54) is 0 Å². The molecule has 0 saturated heterocycles. The van der Waals surface area contributed by atoms with Crippen molar-refractivity contribution in [2.24, 2.45) is 5.73 Å². The molecule has 4 heteroatoms. The topological polar surface area (TPSA) is 57.4 Å². The lowest BCUT2D eigenvalue weighted by Crippen LogP contribution is -2.15. The molecule has 0 aliphatic carbocycles. The molecule has 0 bridgehead atoms. The third-order valence-electron chi connectivity index (χ3n) is 2.78. The van der Waals surface area contributed by atoms with Gasteiger partial charge in [-0.1, -0.05) is 12.1 Å². The van der Waals surface area contributed by atoms with Crippen molar-refractivity contribution in [3.05, 3.63) is 53.9 Å². The van der Waals surface area contributed by atoms with Crippen LogP contribution in [0.25, 0.3) is 0 Å². The van der Waals surface area contributed by atoms with Crippen molar-refractivity contribution in [3.8, 4) is 11.5 Å². The smallest absolute Gasteiger partial charge is 0.127 e. The van der Waals surface area contributed by atoms with Gasteiger partial charge in [-0.05, 0) is 24.3 Å². The molecule has 0 amide bonds. The Morgan fingerprint density at radius 3 is 2.17 bits per heavy atom. The maximum atomic E-state index is 6.25. The quantitative estimate of drug-likeness (QED) is 0.895. The maximum absolute atomic E-state index is 6.25. The van der Waals surface area contributed by atoms with Gasteiger partial charge < -0.3 is 15.2 Å². The Morgan fingerprint density at radius 2 is 1.67 bits per heavy atom. The van der Waals surface area contributed by atoms with Gasteiger partial charge in [-0.15, -0.1) is 0 Å². The minimum Gasteiger partial charge on any atom is -0.496 e. The number of nitrogens with two attached hydrogens (primary N) is 1. The molecule has 94 valence electrons. The molecule has 1 heterocycles. The zero-order valence-corrected chi connectivity index (χ0v) is 10.5. The number of nitrogens with zero attached hydrogens (tertiary/aromatic N) is 1. The van der Waals surface area contributed by atoms with Crippen LogP contribution in [-0.2, 0) is 0 Å². The van der Waals surface area contributed by atoms with Gasteiger partial charge in [-0.3, -0.25) is 4.98 Å². The third kappa shape index (κ3) is 2.28. The summed E-state index contributed by atoms with van der Waals surface area (Å²) in [5.74, 6) is 1.40. The second-order valence-corrected chi connectivity index (χ2v) is 3.81. The van der Waals surface area contributed by atoms with E-state index < -0.39 is 0 Å². The highest BCUT2D eigenvalue weighted by atomic mass is 16.5. The highest BCUT2D eigenvalue weighted by Gasteiger charge is 2.19. The van der Waals surface area contributed by atoms with Gasteiger partial charge >= 0.3 is 0 Å². The predicted molar refractivity (Wildman–Crippen MR) is 69.8 cm³/mol. The number of ether oxygens (including phenoxy) is 2. The minimum atomic E-state index is -0.378. The van der Waals surface area contributed by atoms with Gasteiger partial charge in [-0.2, -0.15) is 0 Å². The van der Waals surface area contributed by atoms with Gasteiger partial charge in [0.1, 0.15) is 11.5 Å². The zero-order chi connectivity index (χ0) is 13.0. The van der Waals surface area contributed by atoms with Crippen LogP contribution in [0.4, 0.5) is 0 Å². The second-order valence-electron chi connectivity index (χ2n) is 3.81. The number of hydrogen-bond donors (Lipinski definition) is 1. The Balaban J connectivity index is 2.49. The molecule has 0 radical (unpaired) electrons. The number of benzene rings is 1. The Hall–Kier alpha value is -2.07. The van der Waals surface area contributed by atoms with E-state index in [4.69, 9.17) is 15.2 Å². The van der Waals surface area contributed by atoms with E-state index in [9.17, 15) is 0 Å². The van der Waals surface area contributed by atoms with Crippen molar-refractivity contribution >= 4 is 0 Å². The fourth-order valence-electron chi connectivity index (χ4n) is 1.89. The summed E-state index contributed by atoms with van der Waals surface area (Å²) in [5, 5.41) is 0. The van der Waals surface area contributed by atoms with E-state index in [-0.39, 0.29) is 6.04 Å². The standard InChI is InChI=1S/C14H16N2O2/c1-17-11-7-5-8-12(18-2)13(11)14(15)10-6-3-4-9-16-10/h3-9,14H,15H2,1-2H3. The first-order chi connectivity index (χ1) is 8.77. The largest absolute Gasteiger partial charge is 0.496 e. The molecule has 2 aromatic rings. The molecule has 0 saturated carbocycles. The predicted octanol–water partition coefficient (Wildman–Crippen LogP) is 2.15. The average molecular weight is 244 g/mol. The number of aromatic nitrogens is 1. The molecule has 0 spiro atoms. The molecular weight excluding hydrogens is 228 g/mol. The monoisotopic (exact) mass is 244 g/mol. The van der Waals surface area contributed by atoms with Crippen LogP contribution >= 0.6 is 0 Å². The normalized spacial score (nSPS) is 11.9. The van der Waals surface area contributed by atoms with Crippen LogP contribution in [-0.4, -0.2) is 19.2 Å². The molecule has 1 aromatic heterocycles. The van der Waals surface area contributed by atoms with Crippen LogP contribution < -0.4 is 15.2 Å². The highest BCUT2D eigenvalue weighted by Crippen LogP contribution is 2.35. The van der Waals surface area contributed by atoms with Crippen molar-refractivity contribution in [1.82, 2.24) is 4.98 Å². The van der Waals surface area contributed by atoms with Crippen LogP contribution in [0.1, 0.15) is 17.3 Å². The lowest BCUT2D eigenvalue weighted by Gasteiger charge is -2.18. The van der Waals surface area contributed by atoms with Crippen LogP contribution in [0, 0.1) is 0 Å². The lowest BCUT2D eigenvalue weighted by atomic mass is 10.0. The fourth-order valence-corrected chi connectivity index (χ4v) is 1.89.